The van der Waals surface area contributed by atoms with Crippen LogP contribution < -0.4 is 10.6 Å². The Morgan fingerprint density at radius 2 is 1.80 bits per heavy atom. The van der Waals surface area contributed by atoms with Crippen molar-refractivity contribution in [3.63, 3.8) is 0 Å². The smallest absolute Gasteiger partial charge is 0.306 e. The van der Waals surface area contributed by atoms with Gasteiger partial charge in [0.1, 0.15) is 5.60 Å². The number of carbonyl (C=O) groups is 1. The van der Waals surface area contributed by atoms with Gasteiger partial charge in [-0.05, 0) is 59.8 Å². The third-order valence-electron chi connectivity index (χ3n) is 5.07. The molecule has 1 heterocycles. The molecule has 176 valence electrons. The number of nitrogens with zero attached hydrogens (tertiary/aromatic N) is 2. The van der Waals surface area contributed by atoms with Crippen LogP contribution in [0.1, 0.15) is 79.1 Å². The number of hydrogen-bond donors (Lipinski definition) is 2. The first-order valence-corrected chi connectivity index (χ1v) is 11.8. The third kappa shape index (κ3) is 13.8. The van der Waals surface area contributed by atoms with Gasteiger partial charge in [0.2, 0.25) is 0 Å². The summed E-state index contributed by atoms with van der Waals surface area (Å²) in [4.78, 5) is 19.0. The molecule has 1 fully saturated rings. The molecule has 7 nitrogen and oxygen atoms in total. The summed E-state index contributed by atoms with van der Waals surface area (Å²) in [5, 5.41) is 6.98. The third-order valence-corrected chi connectivity index (χ3v) is 5.07. The molecule has 0 radical (unpaired) electrons. The first kappa shape index (κ1) is 26.7. The maximum atomic E-state index is 11.7. The number of esters is 1. The standard InChI is InChI=1S/C23H46N4O3/c1-6-24-22(26-20-13-17-27(18-14-20)16-11-19-29-5)25-15-10-8-7-9-12-21(28)30-23(2,3)4/h20H,6-19H2,1-5H3,(H2,24,25,26). The van der Waals surface area contributed by atoms with Crippen LogP contribution in [0.4, 0.5) is 0 Å². The van der Waals surface area contributed by atoms with Crippen LogP contribution in [0.15, 0.2) is 4.99 Å². The van der Waals surface area contributed by atoms with Gasteiger partial charge in [0.15, 0.2) is 5.96 Å². The Bertz CT molecular complexity index is 483. The van der Waals surface area contributed by atoms with E-state index in [2.05, 4.69) is 22.5 Å². The van der Waals surface area contributed by atoms with E-state index in [0.29, 0.717) is 12.5 Å². The van der Waals surface area contributed by atoms with Gasteiger partial charge in [0, 0.05) is 58.9 Å². The predicted molar refractivity (Wildman–Crippen MR) is 124 cm³/mol. The highest BCUT2D eigenvalue weighted by molar-refractivity contribution is 5.80. The zero-order valence-electron chi connectivity index (χ0n) is 20.1. The summed E-state index contributed by atoms with van der Waals surface area (Å²) >= 11 is 0. The van der Waals surface area contributed by atoms with Crippen molar-refractivity contribution in [2.45, 2.75) is 90.7 Å². The van der Waals surface area contributed by atoms with Crippen LogP contribution in [-0.4, -0.2) is 74.9 Å². The molecule has 0 aromatic carbocycles. The van der Waals surface area contributed by atoms with Gasteiger partial charge in [-0.2, -0.15) is 0 Å². The lowest BCUT2D eigenvalue weighted by atomic mass is 10.1. The van der Waals surface area contributed by atoms with E-state index in [1.54, 1.807) is 7.11 Å². The largest absolute Gasteiger partial charge is 0.460 e. The Kier molecular flexibility index (Phi) is 13.8. The van der Waals surface area contributed by atoms with Gasteiger partial charge in [0.05, 0.1) is 0 Å². The van der Waals surface area contributed by atoms with E-state index in [1.165, 1.54) is 0 Å². The van der Waals surface area contributed by atoms with E-state index in [4.69, 9.17) is 14.5 Å². The topological polar surface area (TPSA) is 75.2 Å². The first-order valence-electron chi connectivity index (χ1n) is 11.8. The lowest BCUT2D eigenvalue weighted by Gasteiger charge is -2.33. The maximum Gasteiger partial charge on any atom is 0.306 e. The number of ether oxygens (including phenoxy) is 2. The fourth-order valence-electron chi connectivity index (χ4n) is 3.56. The van der Waals surface area contributed by atoms with Crippen LogP contribution in [-0.2, 0) is 14.3 Å². The van der Waals surface area contributed by atoms with Crippen molar-refractivity contribution in [1.82, 2.24) is 15.5 Å². The average Bonchev–Trinajstić information content (AvgIpc) is 2.67. The molecule has 0 bridgehead atoms. The fraction of sp³-hybridized carbons (Fsp3) is 0.913. The number of unbranched alkanes of at least 4 members (excludes halogenated alkanes) is 3. The van der Waals surface area contributed by atoms with Crippen LogP contribution >= 0.6 is 0 Å². The molecule has 0 aromatic heterocycles. The van der Waals surface area contributed by atoms with Crippen LogP contribution in [0.3, 0.4) is 0 Å². The average molecular weight is 427 g/mol. The zero-order chi connectivity index (χ0) is 22.2. The van der Waals surface area contributed by atoms with Gasteiger partial charge < -0.3 is 25.0 Å². The minimum atomic E-state index is -0.387. The van der Waals surface area contributed by atoms with E-state index < -0.39 is 0 Å². The lowest BCUT2D eigenvalue weighted by molar-refractivity contribution is -0.154. The Morgan fingerprint density at radius 1 is 1.10 bits per heavy atom. The second-order valence-electron chi connectivity index (χ2n) is 9.12. The summed E-state index contributed by atoms with van der Waals surface area (Å²) in [5.41, 5.74) is -0.387. The molecule has 0 spiro atoms. The molecule has 0 aromatic rings. The number of guanidine groups is 1. The molecule has 0 saturated carbocycles. The minimum Gasteiger partial charge on any atom is -0.460 e. The van der Waals surface area contributed by atoms with Crippen molar-refractivity contribution in [1.29, 1.82) is 0 Å². The highest BCUT2D eigenvalue weighted by Gasteiger charge is 2.19. The van der Waals surface area contributed by atoms with E-state index >= 15 is 0 Å². The molecular formula is C23H46N4O3. The second kappa shape index (κ2) is 15.5. The molecule has 2 N–H and O–H groups in total. The summed E-state index contributed by atoms with van der Waals surface area (Å²) < 4.78 is 10.5. The summed E-state index contributed by atoms with van der Waals surface area (Å²) in [6.45, 7) is 13.8. The maximum absolute atomic E-state index is 11.7. The van der Waals surface area contributed by atoms with E-state index in [9.17, 15) is 4.79 Å². The highest BCUT2D eigenvalue weighted by atomic mass is 16.6. The van der Waals surface area contributed by atoms with E-state index in [0.717, 1.165) is 90.2 Å². The van der Waals surface area contributed by atoms with Gasteiger partial charge in [0.25, 0.3) is 0 Å². The van der Waals surface area contributed by atoms with Gasteiger partial charge in [-0.3, -0.25) is 9.79 Å². The van der Waals surface area contributed by atoms with Crippen LogP contribution in [0, 0.1) is 0 Å². The molecule has 1 rings (SSSR count). The van der Waals surface area contributed by atoms with Crippen molar-refractivity contribution in [2.24, 2.45) is 4.99 Å². The molecule has 30 heavy (non-hydrogen) atoms. The highest BCUT2D eigenvalue weighted by Crippen LogP contribution is 2.12. The SMILES string of the molecule is CCNC(=NCCCCCCC(=O)OC(C)(C)C)NC1CCN(CCCOC)CC1. The predicted octanol–water partition coefficient (Wildman–Crippen LogP) is 3.33. The van der Waals surface area contributed by atoms with Gasteiger partial charge in [-0.25, -0.2) is 0 Å². The normalized spacial score (nSPS) is 16.5. The Morgan fingerprint density at radius 3 is 2.43 bits per heavy atom. The lowest BCUT2D eigenvalue weighted by Crippen LogP contribution is -2.48. The molecule has 1 aliphatic heterocycles. The Balaban J connectivity index is 2.18. The van der Waals surface area contributed by atoms with E-state index in [1.807, 2.05) is 20.8 Å². The number of carbonyl (C=O) groups excluding carboxylic acids is 1. The second-order valence-corrected chi connectivity index (χ2v) is 9.12. The van der Waals surface area contributed by atoms with Gasteiger partial charge >= 0.3 is 5.97 Å². The number of piperidine rings is 1. The van der Waals surface area contributed by atoms with Gasteiger partial charge in [-0.1, -0.05) is 12.8 Å². The summed E-state index contributed by atoms with van der Waals surface area (Å²) in [5.74, 6) is 0.841. The zero-order valence-corrected chi connectivity index (χ0v) is 20.1. The molecule has 1 saturated heterocycles. The molecule has 0 atom stereocenters. The number of rotatable bonds is 13. The van der Waals surface area contributed by atoms with E-state index in [-0.39, 0.29) is 11.6 Å². The van der Waals surface area contributed by atoms with Gasteiger partial charge in [-0.15, -0.1) is 0 Å². The molecular weight excluding hydrogens is 380 g/mol. The molecule has 0 amide bonds. The van der Waals surface area contributed by atoms with Crippen LogP contribution in [0.25, 0.3) is 0 Å². The minimum absolute atomic E-state index is 0.0936. The first-order chi connectivity index (χ1) is 14.3. The fourth-order valence-corrected chi connectivity index (χ4v) is 3.56. The van der Waals surface area contributed by atoms with Crippen molar-refractivity contribution in [3.05, 3.63) is 0 Å². The van der Waals surface area contributed by atoms with Crippen molar-refractivity contribution in [2.75, 3.05) is 46.4 Å². The van der Waals surface area contributed by atoms with Crippen LogP contribution in [0.2, 0.25) is 0 Å². The van der Waals surface area contributed by atoms with Crippen molar-refractivity contribution < 1.29 is 14.3 Å². The molecule has 0 aliphatic carbocycles. The summed E-state index contributed by atoms with van der Waals surface area (Å²) in [7, 11) is 1.77. The van der Waals surface area contributed by atoms with Crippen LogP contribution in [0.5, 0.6) is 0 Å². The van der Waals surface area contributed by atoms with Crippen molar-refractivity contribution >= 4 is 11.9 Å². The van der Waals surface area contributed by atoms with Crippen molar-refractivity contribution in [3.8, 4) is 0 Å². The number of likely N-dealkylation sites (tertiary alicyclic amines) is 1. The monoisotopic (exact) mass is 426 g/mol. The number of aliphatic imine (C=N–C) groups is 1. The molecule has 7 heteroatoms. The Labute approximate surface area is 184 Å². The molecule has 0 unspecified atom stereocenters. The summed E-state index contributed by atoms with van der Waals surface area (Å²) in [6, 6.07) is 0.496. The number of methoxy groups -OCH3 is 1. The summed E-state index contributed by atoms with van der Waals surface area (Å²) in [6.07, 6.45) is 7.99. The quantitative estimate of drug-likeness (QED) is 0.204. The Hall–Kier alpha value is -1.34. The number of hydrogen-bond acceptors (Lipinski definition) is 5. The number of nitrogens with one attached hydrogen (secondary N) is 2. The molecule has 1 aliphatic rings.